The third kappa shape index (κ3) is 54.0. The standard InChI is InChI=1S/C17H34.C17H32.C16H32.C16H30.C14H28O.C13H26O2.C13H24O2/c2*1-14(2)10-6-5-7-11-16-12-8-9-13-17(16)15(3)4;2*1-13(2)9-6-5-7-10-15-11-8-12-16(15)14(3)4;1-11(2)7-6-10-15-14-9-5-8-13(14)12(3)4;2*1-10(2)6-5-7-15-13-9-14-8-12(13)11(3)4/h14-17H,5-13H2,1-4H3;6,10,14-17H,5,7-9,11-13H2,1-4H3;13-16H,5-12H2,1-4H3;6,9,13-16H,5,7-8,10-12H2,1-4H3;11-14H,5-10H2,1-4H3;10-13H,5-9H2,1-4H3;5-6,10-13H,7-9H2,1-4H3/b;10-6+;;9-6+;;;6-5+. The normalized spacial score (nSPS) is 26.4. The Morgan fingerprint density at radius 1 is 0.252 bits per heavy atom. The maximum atomic E-state index is 6.03. The summed E-state index contributed by atoms with van der Waals surface area (Å²) in [7, 11) is 0. The fourth-order valence-electron chi connectivity index (χ4n) is 20.1. The van der Waals surface area contributed by atoms with Crippen LogP contribution in [0.15, 0.2) is 36.5 Å². The van der Waals surface area contributed by atoms with Crippen LogP contribution in [0, 0.1) is 148 Å². The van der Waals surface area contributed by atoms with Crippen molar-refractivity contribution in [3.63, 3.8) is 0 Å². The predicted molar refractivity (Wildman–Crippen MR) is 495 cm³/mol. The van der Waals surface area contributed by atoms with E-state index in [9.17, 15) is 0 Å². The first kappa shape index (κ1) is 108. The molecule has 5 heteroatoms. The van der Waals surface area contributed by atoms with E-state index in [4.69, 9.17) is 23.7 Å². The molecule has 7 aliphatic rings. The maximum absolute atomic E-state index is 6.03. The zero-order chi connectivity index (χ0) is 83.1. The molecule has 0 aromatic carbocycles. The molecule has 0 radical (unpaired) electrons. The Labute approximate surface area is 700 Å². The molecule has 7 rings (SSSR count). The third-order valence-corrected chi connectivity index (χ3v) is 27.1. The highest BCUT2D eigenvalue weighted by atomic mass is 16.6. The van der Waals surface area contributed by atoms with E-state index < -0.39 is 0 Å². The smallest absolute Gasteiger partial charge is 0.0865 e. The average molecular weight is 1560 g/mol. The lowest BCUT2D eigenvalue weighted by molar-refractivity contribution is 0.0119. The Balaban J connectivity index is 0.000000648. The van der Waals surface area contributed by atoms with Crippen LogP contribution in [0.1, 0.15) is 431 Å². The minimum atomic E-state index is 0.293. The Morgan fingerprint density at radius 2 is 0.541 bits per heavy atom. The van der Waals surface area contributed by atoms with Crippen molar-refractivity contribution in [2.75, 3.05) is 46.2 Å². The highest BCUT2D eigenvalue weighted by Crippen LogP contribution is 2.43. The van der Waals surface area contributed by atoms with Crippen LogP contribution < -0.4 is 0 Å². The zero-order valence-electron chi connectivity index (χ0n) is 80.8. The van der Waals surface area contributed by atoms with Crippen LogP contribution >= 0.6 is 0 Å². The molecule has 5 nitrogen and oxygen atoms in total. The van der Waals surface area contributed by atoms with Crippen molar-refractivity contribution in [3.05, 3.63) is 36.5 Å². The lowest BCUT2D eigenvalue weighted by atomic mass is 9.71. The molecule has 14 atom stereocenters. The highest BCUT2D eigenvalue weighted by molar-refractivity contribution is 4.90. The topological polar surface area (TPSA) is 46.2 Å². The molecule has 5 aliphatic carbocycles. The van der Waals surface area contributed by atoms with E-state index in [-0.39, 0.29) is 0 Å². The van der Waals surface area contributed by atoms with Crippen molar-refractivity contribution in [3.8, 4) is 0 Å². The Kier molecular flexibility index (Phi) is 65.0. The number of ether oxygens (including phenoxy) is 5. The SMILES string of the molecule is CC(C)/C=C/CCCC1CCCC1C(C)C.CC(C)/C=C/CCCC1CCCCC1C(C)C.CC(C)/C=C/COC1COCC1C(C)C.CC(C)CCCCCC1CCCC1C(C)C.CC(C)CCCCCC1CCCCC1C(C)C.CC(C)CCCOC1CCCC1C(C)C.CC(C)CCCOC1COCC1C(C)C. The molecule has 2 saturated heterocycles. The molecule has 2 heterocycles. The van der Waals surface area contributed by atoms with Crippen molar-refractivity contribution < 1.29 is 23.7 Å². The van der Waals surface area contributed by atoms with Crippen LogP contribution in [0.4, 0.5) is 0 Å². The first-order valence-electron chi connectivity index (χ1n) is 49.8. The van der Waals surface area contributed by atoms with Gasteiger partial charge in [-0.3, -0.25) is 0 Å². The second-order valence-corrected chi connectivity index (χ2v) is 42.5. The van der Waals surface area contributed by atoms with E-state index in [1.165, 1.54) is 238 Å². The van der Waals surface area contributed by atoms with E-state index in [1.54, 1.807) is 0 Å². The van der Waals surface area contributed by atoms with Crippen LogP contribution in [0.5, 0.6) is 0 Å². The molecule has 0 aromatic rings. The molecular weight excluding hydrogens is 1350 g/mol. The van der Waals surface area contributed by atoms with Gasteiger partial charge in [0.15, 0.2) is 0 Å². The van der Waals surface area contributed by atoms with Crippen molar-refractivity contribution in [1.82, 2.24) is 0 Å². The number of hydrogen-bond acceptors (Lipinski definition) is 5. The van der Waals surface area contributed by atoms with Gasteiger partial charge < -0.3 is 23.7 Å². The summed E-state index contributed by atoms with van der Waals surface area (Å²) in [5.74, 6) is 21.5. The van der Waals surface area contributed by atoms with Crippen LogP contribution in [0.25, 0.3) is 0 Å². The molecule has 14 unspecified atom stereocenters. The molecule has 0 aromatic heterocycles. The van der Waals surface area contributed by atoms with E-state index in [0.29, 0.717) is 53.8 Å². The molecule has 0 N–H and O–H groups in total. The van der Waals surface area contributed by atoms with Crippen LogP contribution in [-0.2, 0) is 23.7 Å². The number of rotatable bonds is 43. The van der Waals surface area contributed by atoms with E-state index in [2.05, 4.69) is 230 Å². The Bertz CT molecular complexity index is 2090. The van der Waals surface area contributed by atoms with Gasteiger partial charge in [0.05, 0.1) is 51.3 Å². The fraction of sp³-hybridized carbons (Fsp3) is 0.943. The number of hydrogen-bond donors (Lipinski definition) is 0. The first-order chi connectivity index (χ1) is 52.8. The summed E-state index contributed by atoms with van der Waals surface area (Å²) in [6.07, 6.45) is 68.0. The van der Waals surface area contributed by atoms with Gasteiger partial charge in [0.25, 0.3) is 0 Å². The van der Waals surface area contributed by atoms with Crippen LogP contribution in [-0.4, -0.2) is 64.6 Å². The van der Waals surface area contributed by atoms with Gasteiger partial charge in [-0.2, -0.15) is 0 Å². The Hall–Kier alpha value is -0.980. The summed E-state index contributed by atoms with van der Waals surface area (Å²) < 4.78 is 28.7. The highest BCUT2D eigenvalue weighted by Gasteiger charge is 2.35. The molecule has 0 amide bonds. The van der Waals surface area contributed by atoms with Gasteiger partial charge in [0, 0.05) is 25.0 Å². The largest absolute Gasteiger partial charge is 0.378 e. The van der Waals surface area contributed by atoms with Crippen LogP contribution in [0.2, 0.25) is 0 Å². The summed E-state index contributed by atoms with van der Waals surface area (Å²) in [4.78, 5) is 0. The van der Waals surface area contributed by atoms with Gasteiger partial charge in [-0.15, -0.1) is 0 Å². The number of unbranched alkanes of at least 4 members (excludes halogenated alkanes) is 6. The molecule has 111 heavy (non-hydrogen) atoms. The maximum Gasteiger partial charge on any atom is 0.0865 e. The van der Waals surface area contributed by atoms with Crippen molar-refractivity contribution in [2.45, 2.75) is 450 Å². The van der Waals surface area contributed by atoms with Gasteiger partial charge in [-0.1, -0.05) is 365 Å². The summed E-state index contributed by atoms with van der Waals surface area (Å²) in [5.41, 5.74) is 0. The minimum Gasteiger partial charge on any atom is -0.378 e. The lowest BCUT2D eigenvalue weighted by Gasteiger charge is -2.34. The first-order valence-corrected chi connectivity index (χ1v) is 49.8. The molecule has 0 bridgehead atoms. The van der Waals surface area contributed by atoms with Gasteiger partial charge >= 0.3 is 0 Å². The molecular formula is C106H206O5. The van der Waals surface area contributed by atoms with Crippen molar-refractivity contribution in [1.29, 1.82) is 0 Å². The van der Waals surface area contributed by atoms with E-state index in [1.807, 2.05) is 0 Å². The van der Waals surface area contributed by atoms with Gasteiger partial charge in [0.1, 0.15) is 0 Å². The number of allylic oxidation sites excluding steroid dienone is 5. The second-order valence-electron chi connectivity index (χ2n) is 42.5. The minimum absolute atomic E-state index is 0.293. The van der Waals surface area contributed by atoms with Gasteiger partial charge in [-0.25, -0.2) is 0 Å². The van der Waals surface area contributed by atoms with Gasteiger partial charge in [-0.05, 0) is 239 Å². The summed E-state index contributed by atoms with van der Waals surface area (Å²) in [6, 6.07) is 0. The molecule has 5 saturated carbocycles. The molecule has 7 fully saturated rings. The molecule has 660 valence electrons. The van der Waals surface area contributed by atoms with E-state index in [0.717, 1.165) is 159 Å². The summed E-state index contributed by atoms with van der Waals surface area (Å²) in [5, 5.41) is 0. The summed E-state index contributed by atoms with van der Waals surface area (Å²) in [6.45, 7) is 70.7. The zero-order valence-corrected chi connectivity index (χ0v) is 80.8. The monoisotopic (exact) mass is 1560 g/mol. The summed E-state index contributed by atoms with van der Waals surface area (Å²) >= 11 is 0. The van der Waals surface area contributed by atoms with Gasteiger partial charge in [0.2, 0.25) is 0 Å². The predicted octanol–water partition coefficient (Wildman–Crippen LogP) is 33.3. The van der Waals surface area contributed by atoms with Crippen molar-refractivity contribution >= 4 is 0 Å². The third-order valence-electron chi connectivity index (χ3n) is 27.1. The van der Waals surface area contributed by atoms with E-state index >= 15 is 0 Å². The molecule has 2 aliphatic heterocycles. The second kappa shape index (κ2) is 66.8. The molecule has 0 spiro atoms. The lowest BCUT2D eigenvalue weighted by Crippen LogP contribution is -2.26. The quantitative estimate of drug-likeness (QED) is 0.0450. The average Bonchev–Trinajstić information content (AvgIpc) is 1.42. The van der Waals surface area contributed by atoms with Crippen molar-refractivity contribution in [2.24, 2.45) is 148 Å². The van der Waals surface area contributed by atoms with Crippen LogP contribution in [0.3, 0.4) is 0 Å². The fourth-order valence-corrected chi connectivity index (χ4v) is 20.1. The Morgan fingerprint density at radius 3 is 0.892 bits per heavy atom.